The van der Waals surface area contributed by atoms with E-state index < -0.39 is 17.8 Å². The number of rotatable bonds is 5. The Morgan fingerprint density at radius 2 is 1.60 bits per heavy atom. The van der Waals surface area contributed by atoms with E-state index in [0.29, 0.717) is 11.3 Å². The van der Waals surface area contributed by atoms with Crippen LogP contribution in [0.2, 0.25) is 0 Å². The topological polar surface area (TPSA) is 84.5 Å². The van der Waals surface area contributed by atoms with E-state index in [4.69, 9.17) is 0 Å². The molecule has 2 aromatic carbocycles. The van der Waals surface area contributed by atoms with Crippen LogP contribution in [-0.2, 0) is 14.3 Å². The third kappa shape index (κ3) is 5.31. The van der Waals surface area contributed by atoms with Crippen molar-refractivity contribution < 1.29 is 19.1 Å². The predicted molar refractivity (Wildman–Crippen MR) is 93.8 cm³/mol. The summed E-state index contributed by atoms with van der Waals surface area (Å²) in [6, 6.07) is 15.5. The van der Waals surface area contributed by atoms with Crippen LogP contribution in [-0.4, -0.2) is 24.9 Å². The molecule has 2 aromatic rings. The first kappa shape index (κ1) is 17.9. The number of hydrogen-bond donors (Lipinski definition) is 2. The number of amides is 2. The minimum absolute atomic E-state index is 0.207. The van der Waals surface area contributed by atoms with Gasteiger partial charge in [-0.3, -0.25) is 9.59 Å². The minimum Gasteiger partial charge on any atom is -0.466 e. The number of anilines is 1. The molecule has 0 spiro atoms. The summed E-state index contributed by atoms with van der Waals surface area (Å²) in [5, 5.41) is 5.07. The Hall–Kier alpha value is -3.41. The second kappa shape index (κ2) is 8.44. The van der Waals surface area contributed by atoms with Crippen LogP contribution in [0.5, 0.6) is 0 Å². The lowest BCUT2D eigenvalue weighted by Gasteiger charge is -2.11. The maximum Gasteiger partial charge on any atom is 0.332 e. The molecule has 2 amide bonds. The van der Waals surface area contributed by atoms with Crippen molar-refractivity contribution in [1.82, 2.24) is 5.32 Å². The Bertz CT molecular complexity index is 796. The lowest BCUT2D eigenvalue weighted by atomic mass is 10.2. The predicted octanol–water partition coefficient (Wildman–Crippen LogP) is 2.42. The average Bonchev–Trinajstić information content (AvgIpc) is 2.63. The van der Waals surface area contributed by atoms with Crippen molar-refractivity contribution in [3.05, 3.63) is 77.5 Å². The molecular weight excluding hydrogens is 320 g/mol. The minimum atomic E-state index is -0.748. The van der Waals surface area contributed by atoms with Crippen LogP contribution in [0.3, 0.4) is 0 Å². The number of benzene rings is 2. The Morgan fingerprint density at radius 1 is 0.960 bits per heavy atom. The molecule has 0 fully saturated rings. The molecule has 0 saturated carbocycles. The quantitative estimate of drug-likeness (QED) is 0.648. The number of aryl methyl sites for hydroxylation is 1. The number of ether oxygens (including phenoxy) is 1. The standard InChI is InChI=1S/C19H18N2O4/c1-13-8-10-15(11-9-13)20-19(24)16(12-17(22)25-2)21-18(23)14-6-4-3-5-7-14/h3-12H,1-2H3,(H,20,24)(H,21,23)/b16-12+. The summed E-state index contributed by atoms with van der Waals surface area (Å²) in [5.41, 5.74) is 1.74. The maximum absolute atomic E-state index is 12.4. The van der Waals surface area contributed by atoms with E-state index in [1.807, 2.05) is 19.1 Å². The van der Waals surface area contributed by atoms with Gasteiger partial charge in [0.25, 0.3) is 11.8 Å². The summed E-state index contributed by atoms with van der Waals surface area (Å²) in [6.07, 6.45) is 0.935. The van der Waals surface area contributed by atoms with Crippen molar-refractivity contribution in [3.8, 4) is 0 Å². The van der Waals surface area contributed by atoms with Crippen molar-refractivity contribution >= 4 is 23.5 Å². The zero-order chi connectivity index (χ0) is 18.2. The van der Waals surface area contributed by atoms with Crippen LogP contribution in [0.4, 0.5) is 5.69 Å². The zero-order valence-corrected chi connectivity index (χ0v) is 13.9. The molecule has 0 unspecified atom stereocenters. The first-order valence-electron chi connectivity index (χ1n) is 7.53. The van der Waals surface area contributed by atoms with E-state index in [0.717, 1.165) is 11.6 Å². The second-order valence-corrected chi connectivity index (χ2v) is 5.22. The highest BCUT2D eigenvalue weighted by molar-refractivity contribution is 6.10. The number of hydrogen-bond acceptors (Lipinski definition) is 4. The third-order valence-corrected chi connectivity index (χ3v) is 3.30. The Balaban J connectivity index is 2.19. The lowest BCUT2D eigenvalue weighted by molar-refractivity contribution is -0.135. The molecule has 0 atom stereocenters. The molecule has 0 bridgehead atoms. The van der Waals surface area contributed by atoms with Gasteiger partial charge in [0.1, 0.15) is 5.70 Å². The summed E-state index contributed by atoms with van der Waals surface area (Å²) in [6.45, 7) is 1.92. The van der Waals surface area contributed by atoms with Gasteiger partial charge in [0.2, 0.25) is 0 Å². The normalized spacial score (nSPS) is 10.7. The molecule has 6 heteroatoms. The summed E-state index contributed by atoms with van der Waals surface area (Å²) in [7, 11) is 1.19. The SMILES string of the molecule is COC(=O)/C=C(/NC(=O)c1ccccc1)C(=O)Nc1ccc(C)cc1. The van der Waals surface area contributed by atoms with E-state index in [9.17, 15) is 14.4 Å². The van der Waals surface area contributed by atoms with Gasteiger partial charge in [-0.05, 0) is 31.2 Å². The van der Waals surface area contributed by atoms with Gasteiger partial charge in [-0.1, -0.05) is 35.9 Å². The van der Waals surface area contributed by atoms with Crippen LogP contribution < -0.4 is 10.6 Å². The van der Waals surface area contributed by atoms with Crippen molar-refractivity contribution in [1.29, 1.82) is 0 Å². The smallest absolute Gasteiger partial charge is 0.332 e. The summed E-state index contributed by atoms with van der Waals surface area (Å²) in [5.74, 6) is -1.88. The van der Waals surface area contributed by atoms with Crippen LogP contribution in [0.25, 0.3) is 0 Å². The van der Waals surface area contributed by atoms with Gasteiger partial charge in [0.15, 0.2) is 0 Å². The highest BCUT2D eigenvalue weighted by atomic mass is 16.5. The number of carbonyl (C=O) groups excluding carboxylic acids is 3. The van der Waals surface area contributed by atoms with E-state index in [2.05, 4.69) is 15.4 Å². The van der Waals surface area contributed by atoms with Gasteiger partial charge in [0.05, 0.1) is 13.2 Å². The Kier molecular flexibility index (Phi) is 6.06. The number of carbonyl (C=O) groups is 3. The molecule has 0 heterocycles. The molecule has 2 rings (SSSR count). The van der Waals surface area contributed by atoms with Crippen LogP contribution in [0.1, 0.15) is 15.9 Å². The van der Waals surface area contributed by atoms with Gasteiger partial charge in [0, 0.05) is 11.3 Å². The maximum atomic E-state index is 12.4. The molecule has 0 aliphatic rings. The van der Waals surface area contributed by atoms with Gasteiger partial charge >= 0.3 is 5.97 Å². The lowest BCUT2D eigenvalue weighted by Crippen LogP contribution is -2.31. The van der Waals surface area contributed by atoms with E-state index >= 15 is 0 Å². The first-order valence-corrected chi connectivity index (χ1v) is 7.53. The van der Waals surface area contributed by atoms with Crippen molar-refractivity contribution in [2.24, 2.45) is 0 Å². The fourth-order valence-corrected chi connectivity index (χ4v) is 1.95. The largest absolute Gasteiger partial charge is 0.466 e. The monoisotopic (exact) mass is 338 g/mol. The van der Waals surface area contributed by atoms with Crippen LogP contribution >= 0.6 is 0 Å². The Labute approximate surface area is 145 Å². The van der Waals surface area contributed by atoms with Crippen LogP contribution in [0.15, 0.2) is 66.4 Å². The highest BCUT2D eigenvalue weighted by Crippen LogP contribution is 2.10. The summed E-state index contributed by atoms with van der Waals surface area (Å²) in [4.78, 5) is 36.2. The molecule has 6 nitrogen and oxygen atoms in total. The van der Waals surface area contributed by atoms with E-state index in [1.165, 1.54) is 7.11 Å². The Morgan fingerprint density at radius 3 is 2.20 bits per heavy atom. The number of esters is 1. The van der Waals surface area contributed by atoms with Gasteiger partial charge in [-0.15, -0.1) is 0 Å². The number of methoxy groups -OCH3 is 1. The average molecular weight is 338 g/mol. The first-order chi connectivity index (χ1) is 12.0. The van der Waals surface area contributed by atoms with Crippen LogP contribution in [0, 0.1) is 6.92 Å². The third-order valence-electron chi connectivity index (χ3n) is 3.30. The molecule has 0 aliphatic heterocycles. The summed E-state index contributed by atoms with van der Waals surface area (Å²) < 4.78 is 4.54. The second-order valence-electron chi connectivity index (χ2n) is 5.22. The molecule has 0 saturated heterocycles. The molecule has 25 heavy (non-hydrogen) atoms. The fraction of sp³-hybridized carbons (Fsp3) is 0.105. The van der Waals surface area contributed by atoms with Crippen molar-refractivity contribution in [2.45, 2.75) is 6.92 Å². The van der Waals surface area contributed by atoms with E-state index in [1.54, 1.807) is 42.5 Å². The van der Waals surface area contributed by atoms with E-state index in [-0.39, 0.29) is 5.70 Å². The molecule has 0 radical (unpaired) electrons. The zero-order valence-electron chi connectivity index (χ0n) is 13.9. The molecule has 0 aromatic heterocycles. The van der Waals surface area contributed by atoms with Crippen molar-refractivity contribution in [3.63, 3.8) is 0 Å². The molecular formula is C19H18N2O4. The fourth-order valence-electron chi connectivity index (χ4n) is 1.95. The molecule has 128 valence electrons. The summed E-state index contributed by atoms with van der Waals surface area (Å²) >= 11 is 0. The molecule has 0 aliphatic carbocycles. The highest BCUT2D eigenvalue weighted by Gasteiger charge is 2.16. The van der Waals surface area contributed by atoms with Gasteiger partial charge in [-0.25, -0.2) is 4.79 Å². The number of nitrogens with one attached hydrogen (secondary N) is 2. The van der Waals surface area contributed by atoms with Gasteiger partial charge < -0.3 is 15.4 Å². The van der Waals surface area contributed by atoms with Gasteiger partial charge in [-0.2, -0.15) is 0 Å². The molecule has 2 N–H and O–H groups in total. The van der Waals surface area contributed by atoms with Crippen molar-refractivity contribution in [2.75, 3.05) is 12.4 Å².